The second kappa shape index (κ2) is 21.7. The number of nitrogens with zero attached hydrogens (tertiary/aromatic N) is 6. The molecular weight excluding hydrogens is 935 g/mol. The van der Waals surface area contributed by atoms with Gasteiger partial charge in [0.25, 0.3) is 17.7 Å². The van der Waals surface area contributed by atoms with Gasteiger partial charge in [0.05, 0.1) is 42.6 Å². The van der Waals surface area contributed by atoms with Crippen LogP contribution in [0.3, 0.4) is 0 Å². The lowest BCUT2D eigenvalue weighted by atomic mass is 9.84. The molecular formula is C56H70F2N8O7. The monoisotopic (exact) mass is 1000 g/mol. The van der Waals surface area contributed by atoms with Gasteiger partial charge in [0.15, 0.2) is 0 Å². The van der Waals surface area contributed by atoms with Gasteiger partial charge in [0.1, 0.15) is 18.1 Å². The van der Waals surface area contributed by atoms with E-state index in [-0.39, 0.29) is 50.6 Å². The maximum absolute atomic E-state index is 14.8. The van der Waals surface area contributed by atoms with Gasteiger partial charge in [-0.3, -0.25) is 38.9 Å². The summed E-state index contributed by atoms with van der Waals surface area (Å²) in [5.41, 5.74) is 10.2. The first-order valence-electron chi connectivity index (χ1n) is 25.6. The van der Waals surface area contributed by atoms with Crippen LogP contribution < -0.4 is 10.7 Å². The first kappa shape index (κ1) is 53.1. The zero-order valence-corrected chi connectivity index (χ0v) is 43.6. The molecule has 73 heavy (non-hydrogen) atoms. The number of hydrogen-bond donors (Lipinski definition) is 2. The van der Waals surface area contributed by atoms with E-state index < -0.39 is 78.1 Å². The Hall–Kier alpha value is -6.22. The van der Waals surface area contributed by atoms with Crippen LogP contribution in [0.2, 0.25) is 0 Å². The average Bonchev–Trinajstić information content (AvgIpc) is 4.06. The summed E-state index contributed by atoms with van der Waals surface area (Å²) in [4.78, 5) is 79.8. The molecule has 1 unspecified atom stereocenters. The Morgan fingerprint density at radius 3 is 2.52 bits per heavy atom. The summed E-state index contributed by atoms with van der Waals surface area (Å²) >= 11 is 0. The van der Waals surface area contributed by atoms with E-state index in [0.29, 0.717) is 32.2 Å². The topological polar surface area (TPSA) is 159 Å². The lowest BCUT2D eigenvalue weighted by molar-refractivity contribution is -0.155. The molecule has 4 amide bonds. The number of likely N-dealkylation sites (tertiary alicyclic amines) is 2. The highest BCUT2D eigenvalue weighted by molar-refractivity contribution is 5.97. The Morgan fingerprint density at radius 2 is 1.81 bits per heavy atom. The molecule has 0 aliphatic carbocycles. The van der Waals surface area contributed by atoms with E-state index >= 15 is 0 Å². The summed E-state index contributed by atoms with van der Waals surface area (Å²) < 4.78 is 42.1. The largest absolute Gasteiger partial charge is 0.464 e. The van der Waals surface area contributed by atoms with Crippen LogP contribution in [-0.4, -0.2) is 143 Å². The number of methoxy groups -OCH3 is 1. The Bertz CT molecular complexity index is 2820. The number of halogens is 2. The van der Waals surface area contributed by atoms with Crippen LogP contribution in [0.5, 0.6) is 0 Å². The summed E-state index contributed by atoms with van der Waals surface area (Å²) in [6.07, 6.45) is 3.02. The number of amides is 4. The van der Waals surface area contributed by atoms with Crippen molar-refractivity contribution < 1.29 is 42.2 Å². The fraction of sp³-hybridized carbons (Fsp3) is 0.536. The van der Waals surface area contributed by atoms with Crippen molar-refractivity contribution in [2.24, 2.45) is 17.3 Å². The van der Waals surface area contributed by atoms with Crippen molar-refractivity contribution >= 4 is 40.5 Å². The number of hydrazine groups is 1. The van der Waals surface area contributed by atoms with Gasteiger partial charge in [-0.2, -0.15) is 0 Å². The fourth-order valence-electron chi connectivity index (χ4n) is 11.1. The van der Waals surface area contributed by atoms with E-state index in [4.69, 9.17) is 14.5 Å². The standard InChI is InChI=1S/C56H70F2N8O7/c1-10-65-46-20-18-38-28-42(46)43(50(65)41-16-12-23-59-48(41)35(4)72-9)30-55(5,6)33-73-54(71)44-17-13-24-66(61-44)53(70)45(27-36-14-11-15-37(38)26-36)60-51(68)49(34(2)3)63(8)52(69)39-22-25-64(31-39)47(67)21-19-40-29-56(57,58)32-62(40)7/h11-12,14-16,18,20,23,26,28,34-35,39-40,44-45,49,61H,10,13,17,22,24-25,27,29-33H2,1-9H3,(H,60,68)/t35-,39-,40+,44-,45-,49?/m0/s1. The third-order valence-electron chi connectivity index (χ3n) is 15.0. The highest BCUT2D eigenvalue weighted by Crippen LogP contribution is 2.42. The number of benzene rings is 2. The number of fused-ring (bicyclic) bond motifs is 6. The van der Waals surface area contributed by atoms with E-state index in [1.165, 1.54) is 19.7 Å². The number of alkyl halides is 2. The molecule has 6 bridgehead atoms. The minimum absolute atomic E-state index is 0.0674. The second-order valence-corrected chi connectivity index (χ2v) is 21.5. The third-order valence-corrected chi connectivity index (χ3v) is 15.0. The van der Waals surface area contributed by atoms with Crippen molar-refractivity contribution in [3.05, 3.63) is 77.6 Å². The molecule has 2 aromatic heterocycles. The van der Waals surface area contributed by atoms with Gasteiger partial charge in [0.2, 0.25) is 11.8 Å². The molecule has 17 heteroatoms. The summed E-state index contributed by atoms with van der Waals surface area (Å²) in [6.45, 7) is 12.9. The number of esters is 1. The quantitative estimate of drug-likeness (QED) is 0.142. The van der Waals surface area contributed by atoms with Crippen LogP contribution in [0.25, 0.3) is 33.3 Å². The SMILES string of the molecule is CCn1c(-c2cccnc2[C@H](C)OC)c2c3cc(ccc31)-c1cccc(c1)C[C@H](NC(=O)C(C(C)C)N(C)C(=O)[C@H]1CCN(C(=O)C#C[C@@H]3CC(F)(F)CN3C)C1)C(=O)N1CCC[C@H](N1)C(=O)OCC(C)(C)C2. The number of cyclic esters (lactones) is 1. The number of pyridine rings is 1. The molecule has 15 nitrogen and oxygen atoms in total. The molecule has 390 valence electrons. The highest BCUT2D eigenvalue weighted by Gasteiger charge is 2.44. The molecule has 0 radical (unpaired) electrons. The molecule has 2 aromatic carbocycles. The van der Waals surface area contributed by atoms with Crippen LogP contribution >= 0.6 is 0 Å². The van der Waals surface area contributed by atoms with Gasteiger partial charge in [0, 0.05) is 81.3 Å². The first-order chi connectivity index (χ1) is 34.7. The predicted octanol–water partition coefficient (Wildman–Crippen LogP) is 6.42. The zero-order valence-electron chi connectivity index (χ0n) is 43.6. The molecule has 4 aliphatic heterocycles. The molecule has 0 spiro atoms. The Labute approximate surface area is 427 Å². The van der Waals surface area contributed by atoms with Gasteiger partial charge in [-0.15, -0.1) is 0 Å². The maximum atomic E-state index is 14.8. The smallest absolute Gasteiger partial charge is 0.324 e. The van der Waals surface area contributed by atoms with E-state index in [1.807, 2.05) is 51.1 Å². The van der Waals surface area contributed by atoms with E-state index in [9.17, 15) is 32.8 Å². The number of nitrogens with one attached hydrogen (secondary N) is 2. The summed E-state index contributed by atoms with van der Waals surface area (Å²) in [6, 6.07) is 14.7. The van der Waals surface area contributed by atoms with Crippen molar-refractivity contribution in [2.75, 3.05) is 54.0 Å². The number of ether oxygens (including phenoxy) is 2. The predicted molar refractivity (Wildman–Crippen MR) is 273 cm³/mol. The van der Waals surface area contributed by atoms with Crippen LogP contribution in [0.4, 0.5) is 8.78 Å². The minimum Gasteiger partial charge on any atom is -0.464 e. The molecule has 4 aromatic rings. The summed E-state index contributed by atoms with van der Waals surface area (Å²) in [5.74, 6) is -1.00. The van der Waals surface area contributed by atoms with Gasteiger partial charge in [-0.1, -0.05) is 63.9 Å². The molecule has 4 aliphatic rings. The maximum Gasteiger partial charge on any atom is 0.324 e. The number of rotatable bonds is 9. The third kappa shape index (κ3) is 11.5. The van der Waals surface area contributed by atoms with Crippen LogP contribution in [0.1, 0.15) is 90.2 Å². The second-order valence-electron chi connectivity index (χ2n) is 21.5. The van der Waals surface area contributed by atoms with E-state index in [2.05, 4.69) is 72.2 Å². The molecule has 2 N–H and O–H groups in total. The van der Waals surface area contributed by atoms with Gasteiger partial charge >= 0.3 is 5.97 Å². The van der Waals surface area contributed by atoms with Gasteiger partial charge in [-0.05, 0) is 105 Å². The van der Waals surface area contributed by atoms with Crippen molar-refractivity contribution in [1.29, 1.82) is 0 Å². The zero-order chi connectivity index (χ0) is 52.5. The number of aromatic nitrogens is 2. The number of carbonyl (C=O) groups is 5. The van der Waals surface area contributed by atoms with Crippen molar-refractivity contribution in [1.82, 2.24) is 40.0 Å². The van der Waals surface area contributed by atoms with Crippen LogP contribution in [-0.2, 0) is 52.8 Å². The lowest BCUT2D eigenvalue weighted by Crippen LogP contribution is -2.62. The van der Waals surface area contributed by atoms with Crippen molar-refractivity contribution in [3.8, 4) is 34.2 Å². The Morgan fingerprint density at radius 1 is 1.04 bits per heavy atom. The number of likely N-dealkylation sites (N-methyl/N-ethyl adjacent to an activating group) is 1. The molecule has 6 atom stereocenters. The Balaban J connectivity index is 1.10. The molecule has 3 saturated heterocycles. The fourth-order valence-corrected chi connectivity index (χ4v) is 11.1. The number of hydrogen-bond acceptors (Lipinski definition) is 10. The van der Waals surface area contributed by atoms with E-state index in [0.717, 1.165) is 50.1 Å². The number of carbonyl (C=O) groups excluding carboxylic acids is 5. The van der Waals surface area contributed by atoms with Crippen molar-refractivity contribution in [3.63, 3.8) is 0 Å². The summed E-state index contributed by atoms with van der Waals surface area (Å²) in [5, 5.41) is 5.50. The molecule has 6 heterocycles. The van der Waals surface area contributed by atoms with Crippen molar-refractivity contribution in [2.45, 2.75) is 123 Å². The highest BCUT2D eigenvalue weighted by atomic mass is 19.3. The Kier molecular flexibility index (Phi) is 15.8. The van der Waals surface area contributed by atoms with Crippen LogP contribution in [0.15, 0.2) is 60.8 Å². The normalized spacial score (nSPS) is 23.1. The van der Waals surface area contributed by atoms with Gasteiger partial charge < -0.3 is 29.2 Å². The minimum atomic E-state index is -2.87. The lowest BCUT2D eigenvalue weighted by Gasteiger charge is -2.37. The molecule has 8 rings (SSSR count). The van der Waals surface area contributed by atoms with Gasteiger partial charge in [-0.25, -0.2) is 14.2 Å². The molecule has 0 saturated carbocycles. The average molecular weight is 1010 g/mol. The summed E-state index contributed by atoms with van der Waals surface area (Å²) in [7, 11) is 4.78. The molecule has 3 fully saturated rings. The van der Waals surface area contributed by atoms with E-state index in [1.54, 1.807) is 27.4 Å². The van der Waals surface area contributed by atoms with Crippen LogP contribution in [0, 0.1) is 29.1 Å². The first-order valence-corrected chi connectivity index (χ1v) is 25.6. The number of aryl methyl sites for hydroxylation is 1.